The van der Waals surface area contributed by atoms with E-state index in [1.165, 1.54) is 26.2 Å². The molecule has 1 aliphatic rings. The van der Waals surface area contributed by atoms with Crippen molar-refractivity contribution in [2.75, 3.05) is 45.8 Å². The van der Waals surface area contributed by atoms with Crippen molar-refractivity contribution in [3.63, 3.8) is 0 Å². The number of hydrogen-bond acceptors (Lipinski definition) is 3. The number of nitrogens with two attached hydrogens (primary N) is 1. The lowest BCUT2D eigenvalue weighted by atomic mass is 10.3. The van der Waals surface area contributed by atoms with Crippen molar-refractivity contribution in [3.05, 3.63) is 12.2 Å². The SMILES string of the molecule is CC=CCN1CCN(CCN)CC1. The van der Waals surface area contributed by atoms with Gasteiger partial charge >= 0.3 is 0 Å². The summed E-state index contributed by atoms with van der Waals surface area (Å²) in [5.41, 5.74) is 5.51. The minimum absolute atomic E-state index is 0.787. The van der Waals surface area contributed by atoms with Gasteiger partial charge in [0.2, 0.25) is 0 Å². The molecule has 0 spiro atoms. The lowest BCUT2D eigenvalue weighted by Gasteiger charge is -2.33. The lowest BCUT2D eigenvalue weighted by molar-refractivity contribution is 0.145. The Labute approximate surface area is 81.2 Å². The maximum atomic E-state index is 5.51. The molecule has 0 aromatic rings. The molecule has 0 aliphatic carbocycles. The van der Waals surface area contributed by atoms with Gasteiger partial charge in [-0.05, 0) is 6.92 Å². The topological polar surface area (TPSA) is 32.5 Å². The fraction of sp³-hybridized carbons (Fsp3) is 0.800. The van der Waals surface area contributed by atoms with Gasteiger partial charge in [-0.1, -0.05) is 12.2 Å². The highest BCUT2D eigenvalue weighted by Crippen LogP contribution is 2.00. The summed E-state index contributed by atoms with van der Waals surface area (Å²) in [4.78, 5) is 4.92. The number of rotatable bonds is 4. The molecule has 1 saturated heterocycles. The summed E-state index contributed by atoms with van der Waals surface area (Å²) in [6, 6.07) is 0. The average molecular weight is 183 g/mol. The molecule has 1 rings (SSSR count). The highest BCUT2D eigenvalue weighted by atomic mass is 15.3. The van der Waals surface area contributed by atoms with Crippen molar-refractivity contribution in [3.8, 4) is 0 Å². The summed E-state index contributed by atoms with van der Waals surface area (Å²) < 4.78 is 0. The summed E-state index contributed by atoms with van der Waals surface area (Å²) in [5, 5.41) is 0. The van der Waals surface area contributed by atoms with E-state index in [2.05, 4.69) is 28.9 Å². The zero-order valence-corrected chi connectivity index (χ0v) is 8.58. The molecule has 0 amide bonds. The van der Waals surface area contributed by atoms with Crippen LogP contribution in [-0.4, -0.2) is 55.6 Å². The number of allylic oxidation sites excluding steroid dienone is 1. The van der Waals surface area contributed by atoms with Gasteiger partial charge in [0, 0.05) is 45.8 Å². The van der Waals surface area contributed by atoms with Crippen molar-refractivity contribution in [2.45, 2.75) is 6.92 Å². The van der Waals surface area contributed by atoms with Gasteiger partial charge in [-0.3, -0.25) is 9.80 Å². The molecule has 0 aromatic carbocycles. The second-order valence-electron chi connectivity index (χ2n) is 3.50. The van der Waals surface area contributed by atoms with E-state index in [0.29, 0.717) is 0 Å². The minimum Gasteiger partial charge on any atom is -0.329 e. The van der Waals surface area contributed by atoms with Crippen molar-refractivity contribution in [1.29, 1.82) is 0 Å². The van der Waals surface area contributed by atoms with Crippen molar-refractivity contribution >= 4 is 0 Å². The molecule has 0 saturated carbocycles. The Morgan fingerprint density at radius 1 is 1.15 bits per heavy atom. The molecule has 0 aromatic heterocycles. The molecule has 13 heavy (non-hydrogen) atoms. The van der Waals surface area contributed by atoms with Gasteiger partial charge in [-0.15, -0.1) is 0 Å². The van der Waals surface area contributed by atoms with Crippen molar-refractivity contribution in [2.24, 2.45) is 5.73 Å². The number of nitrogens with zero attached hydrogens (tertiary/aromatic N) is 2. The largest absolute Gasteiger partial charge is 0.329 e. The second-order valence-corrected chi connectivity index (χ2v) is 3.50. The van der Waals surface area contributed by atoms with Crippen LogP contribution in [0.3, 0.4) is 0 Å². The molecule has 0 atom stereocenters. The van der Waals surface area contributed by atoms with E-state index in [4.69, 9.17) is 5.73 Å². The quantitative estimate of drug-likeness (QED) is 0.629. The van der Waals surface area contributed by atoms with Crippen LogP contribution in [0, 0.1) is 0 Å². The summed E-state index contributed by atoms with van der Waals surface area (Å²) >= 11 is 0. The third-order valence-electron chi connectivity index (χ3n) is 2.51. The lowest BCUT2D eigenvalue weighted by Crippen LogP contribution is -2.47. The van der Waals surface area contributed by atoms with Crippen LogP contribution in [0.1, 0.15) is 6.92 Å². The van der Waals surface area contributed by atoms with E-state index < -0.39 is 0 Å². The molecule has 1 aliphatic heterocycles. The zero-order valence-electron chi connectivity index (χ0n) is 8.58. The van der Waals surface area contributed by atoms with E-state index >= 15 is 0 Å². The first-order chi connectivity index (χ1) is 6.36. The maximum absolute atomic E-state index is 5.51. The Morgan fingerprint density at radius 2 is 1.77 bits per heavy atom. The van der Waals surface area contributed by atoms with Crippen LogP contribution in [0.2, 0.25) is 0 Å². The molecule has 1 heterocycles. The van der Waals surface area contributed by atoms with Gasteiger partial charge in [0.15, 0.2) is 0 Å². The molecule has 76 valence electrons. The average Bonchev–Trinajstić information content (AvgIpc) is 2.17. The molecule has 3 nitrogen and oxygen atoms in total. The van der Waals surface area contributed by atoms with Crippen LogP contribution in [0.4, 0.5) is 0 Å². The van der Waals surface area contributed by atoms with E-state index in [1.54, 1.807) is 0 Å². The summed E-state index contributed by atoms with van der Waals surface area (Å²) in [6.45, 7) is 9.74. The van der Waals surface area contributed by atoms with Crippen LogP contribution in [0.15, 0.2) is 12.2 Å². The molecule has 1 fully saturated rings. The third kappa shape index (κ3) is 3.89. The second kappa shape index (κ2) is 6.13. The van der Waals surface area contributed by atoms with Gasteiger partial charge < -0.3 is 5.73 Å². The Balaban J connectivity index is 2.14. The van der Waals surface area contributed by atoms with Gasteiger partial charge in [0.1, 0.15) is 0 Å². The predicted molar refractivity (Wildman–Crippen MR) is 56.7 cm³/mol. The minimum atomic E-state index is 0.787. The fourth-order valence-electron chi connectivity index (χ4n) is 1.63. The standard InChI is InChI=1S/C10H21N3/c1-2-3-5-12-7-9-13(6-4-11)10-8-12/h2-3H,4-11H2,1H3. The third-order valence-corrected chi connectivity index (χ3v) is 2.51. The first-order valence-electron chi connectivity index (χ1n) is 5.12. The van der Waals surface area contributed by atoms with Crippen LogP contribution < -0.4 is 5.73 Å². The van der Waals surface area contributed by atoms with Gasteiger partial charge in [-0.2, -0.15) is 0 Å². The molecular formula is C10H21N3. The van der Waals surface area contributed by atoms with Crippen LogP contribution in [0.5, 0.6) is 0 Å². The zero-order chi connectivity index (χ0) is 9.52. The molecule has 0 bridgehead atoms. The first-order valence-corrected chi connectivity index (χ1v) is 5.12. The molecule has 0 unspecified atom stereocenters. The molecule has 0 radical (unpaired) electrons. The summed E-state index contributed by atoms with van der Waals surface area (Å²) in [5.74, 6) is 0. The Bertz CT molecular complexity index is 148. The van der Waals surface area contributed by atoms with Crippen molar-refractivity contribution < 1.29 is 0 Å². The maximum Gasteiger partial charge on any atom is 0.0164 e. The molecular weight excluding hydrogens is 162 g/mol. The summed E-state index contributed by atoms with van der Waals surface area (Å²) in [7, 11) is 0. The fourth-order valence-corrected chi connectivity index (χ4v) is 1.63. The van der Waals surface area contributed by atoms with E-state index in [-0.39, 0.29) is 0 Å². The normalized spacial score (nSPS) is 21.4. The van der Waals surface area contributed by atoms with Gasteiger partial charge in [0.25, 0.3) is 0 Å². The van der Waals surface area contributed by atoms with Gasteiger partial charge in [0.05, 0.1) is 0 Å². The van der Waals surface area contributed by atoms with Crippen LogP contribution in [0.25, 0.3) is 0 Å². The monoisotopic (exact) mass is 183 g/mol. The van der Waals surface area contributed by atoms with Crippen molar-refractivity contribution in [1.82, 2.24) is 9.80 Å². The molecule has 2 N–H and O–H groups in total. The smallest absolute Gasteiger partial charge is 0.0164 e. The number of hydrogen-bond donors (Lipinski definition) is 1. The highest BCUT2D eigenvalue weighted by molar-refractivity contribution is 4.83. The van der Waals surface area contributed by atoms with E-state index in [0.717, 1.165) is 19.6 Å². The number of piperazine rings is 1. The Kier molecular flexibility index (Phi) is 5.05. The Morgan fingerprint density at radius 3 is 2.31 bits per heavy atom. The van der Waals surface area contributed by atoms with E-state index in [1.807, 2.05) is 0 Å². The summed E-state index contributed by atoms with van der Waals surface area (Å²) in [6.07, 6.45) is 4.34. The predicted octanol–water partition coefficient (Wildman–Crippen LogP) is 0.139. The first kappa shape index (κ1) is 10.7. The van der Waals surface area contributed by atoms with Gasteiger partial charge in [-0.25, -0.2) is 0 Å². The highest BCUT2D eigenvalue weighted by Gasteiger charge is 2.14. The van der Waals surface area contributed by atoms with Crippen LogP contribution >= 0.6 is 0 Å². The van der Waals surface area contributed by atoms with Crippen LogP contribution in [-0.2, 0) is 0 Å². The van der Waals surface area contributed by atoms with E-state index in [9.17, 15) is 0 Å². The Hall–Kier alpha value is -0.380. The molecule has 3 heteroatoms.